The number of hydrogen-bond donors (Lipinski definition) is 1. The van der Waals surface area contributed by atoms with Gasteiger partial charge in [-0.2, -0.15) is 0 Å². The van der Waals surface area contributed by atoms with Gasteiger partial charge >= 0.3 is 5.97 Å². The quantitative estimate of drug-likeness (QED) is 0.556. The van der Waals surface area contributed by atoms with E-state index in [0.717, 1.165) is 0 Å². The van der Waals surface area contributed by atoms with Crippen LogP contribution in [0.15, 0.2) is 0 Å². The predicted molar refractivity (Wildman–Crippen MR) is 59.3 cm³/mol. The van der Waals surface area contributed by atoms with Crippen LogP contribution in [0.2, 0.25) is 0 Å². The summed E-state index contributed by atoms with van der Waals surface area (Å²) in [6.45, 7) is 6.02. The van der Waals surface area contributed by atoms with Crippen LogP contribution in [0.4, 0.5) is 0 Å². The van der Waals surface area contributed by atoms with E-state index < -0.39 is 11.5 Å². The van der Waals surface area contributed by atoms with Gasteiger partial charge in [0, 0.05) is 0 Å². The molecule has 0 aliphatic carbocycles. The van der Waals surface area contributed by atoms with Crippen LogP contribution in [0.3, 0.4) is 0 Å². The second-order valence-electron chi connectivity index (χ2n) is 5.98. The van der Waals surface area contributed by atoms with Crippen LogP contribution in [0.25, 0.3) is 0 Å². The van der Waals surface area contributed by atoms with E-state index in [-0.39, 0.29) is 12.6 Å². The van der Waals surface area contributed by atoms with Crippen LogP contribution in [0.5, 0.6) is 0 Å². The monoisotopic (exact) mass is 218 g/mol. The SMILES string of the molecule is CC(C)(C)C(=O)OCC(O)C[N+](C)(C)C. The lowest BCUT2D eigenvalue weighted by atomic mass is 9.97. The first kappa shape index (κ1) is 14.4. The Morgan fingerprint density at radius 3 is 2.13 bits per heavy atom. The number of ether oxygens (including phenoxy) is 1. The summed E-state index contributed by atoms with van der Waals surface area (Å²) in [5.74, 6) is -0.275. The second kappa shape index (κ2) is 4.94. The minimum Gasteiger partial charge on any atom is -0.462 e. The van der Waals surface area contributed by atoms with Gasteiger partial charge in [-0.3, -0.25) is 4.79 Å². The van der Waals surface area contributed by atoms with Gasteiger partial charge in [0.25, 0.3) is 0 Å². The summed E-state index contributed by atoms with van der Waals surface area (Å²) in [6.07, 6.45) is -0.601. The fourth-order valence-electron chi connectivity index (χ4n) is 1.07. The molecule has 0 amide bonds. The van der Waals surface area contributed by atoms with E-state index in [2.05, 4.69) is 0 Å². The average molecular weight is 218 g/mol. The first-order valence-corrected chi connectivity index (χ1v) is 5.18. The third kappa shape index (κ3) is 7.33. The number of carbonyl (C=O) groups is 1. The molecule has 1 unspecified atom stereocenters. The van der Waals surface area contributed by atoms with Crippen LogP contribution in [-0.2, 0) is 9.53 Å². The number of aliphatic hydroxyl groups excluding tert-OH is 1. The Hall–Kier alpha value is -0.610. The Balaban J connectivity index is 3.92. The smallest absolute Gasteiger partial charge is 0.311 e. The van der Waals surface area contributed by atoms with E-state index in [1.54, 1.807) is 20.8 Å². The second-order valence-corrected chi connectivity index (χ2v) is 5.98. The Bertz CT molecular complexity index is 213. The highest BCUT2D eigenvalue weighted by Crippen LogP contribution is 2.15. The zero-order valence-corrected chi connectivity index (χ0v) is 10.7. The summed E-state index contributed by atoms with van der Waals surface area (Å²) >= 11 is 0. The van der Waals surface area contributed by atoms with Gasteiger partial charge in [-0.1, -0.05) is 0 Å². The molecule has 1 atom stereocenters. The standard InChI is InChI=1S/C11H24NO3/c1-11(2,3)10(14)15-8-9(13)7-12(4,5)6/h9,13H,7-8H2,1-6H3/q+1. The molecule has 4 heteroatoms. The number of rotatable bonds is 4. The zero-order valence-electron chi connectivity index (χ0n) is 10.7. The molecule has 0 aromatic carbocycles. The molecular formula is C11H24NO3+. The minimum atomic E-state index is -0.601. The van der Waals surface area contributed by atoms with Crippen molar-refractivity contribution in [3.8, 4) is 0 Å². The summed E-state index contributed by atoms with van der Waals surface area (Å²) in [5.41, 5.74) is -0.504. The lowest BCUT2D eigenvalue weighted by molar-refractivity contribution is -0.873. The van der Waals surface area contributed by atoms with E-state index in [1.807, 2.05) is 21.1 Å². The van der Waals surface area contributed by atoms with Gasteiger partial charge in [-0.15, -0.1) is 0 Å². The van der Waals surface area contributed by atoms with Crippen molar-refractivity contribution in [2.45, 2.75) is 26.9 Å². The maximum atomic E-state index is 11.4. The molecule has 0 fully saturated rings. The largest absolute Gasteiger partial charge is 0.462 e. The summed E-state index contributed by atoms with van der Waals surface area (Å²) in [7, 11) is 5.94. The molecule has 0 aromatic rings. The maximum Gasteiger partial charge on any atom is 0.311 e. The van der Waals surface area contributed by atoms with Crippen molar-refractivity contribution in [3.05, 3.63) is 0 Å². The minimum absolute atomic E-state index is 0.0750. The molecule has 90 valence electrons. The Morgan fingerprint density at radius 1 is 1.33 bits per heavy atom. The first-order valence-electron chi connectivity index (χ1n) is 5.18. The Morgan fingerprint density at radius 2 is 1.80 bits per heavy atom. The summed E-state index contributed by atoms with van der Waals surface area (Å²) < 4.78 is 5.66. The molecule has 15 heavy (non-hydrogen) atoms. The molecule has 0 spiro atoms. The number of esters is 1. The number of nitrogens with zero attached hydrogens (tertiary/aromatic N) is 1. The molecule has 0 aliphatic heterocycles. The highest BCUT2D eigenvalue weighted by atomic mass is 16.5. The van der Waals surface area contributed by atoms with Crippen LogP contribution < -0.4 is 0 Å². The lowest BCUT2D eigenvalue weighted by Crippen LogP contribution is -2.43. The number of aliphatic hydroxyl groups is 1. The number of hydrogen-bond acceptors (Lipinski definition) is 3. The maximum absolute atomic E-state index is 11.4. The highest BCUT2D eigenvalue weighted by Gasteiger charge is 2.25. The van der Waals surface area contributed by atoms with Gasteiger partial charge in [0.1, 0.15) is 19.3 Å². The third-order valence-electron chi connectivity index (χ3n) is 1.78. The lowest BCUT2D eigenvalue weighted by Gasteiger charge is -2.27. The van der Waals surface area contributed by atoms with E-state index in [1.165, 1.54) is 0 Å². The number of carbonyl (C=O) groups excluding carboxylic acids is 1. The number of likely N-dealkylation sites (N-methyl/N-ethyl adjacent to an activating group) is 1. The molecule has 4 nitrogen and oxygen atoms in total. The van der Waals surface area contributed by atoms with Crippen molar-refractivity contribution in [2.24, 2.45) is 5.41 Å². The first-order chi connectivity index (χ1) is 6.52. The molecule has 1 N–H and O–H groups in total. The summed E-state index contributed by atoms with van der Waals surface area (Å²) in [6, 6.07) is 0. The van der Waals surface area contributed by atoms with Gasteiger partial charge < -0.3 is 14.3 Å². The van der Waals surface area contributed by atoms with Crippen molar-refractivity contribution in [1.82, 2.24) is 0 Å². The van der Waals surface area contributed by atoms with Crippen LogP contribution in [0.1, 0.15) is 20.8 Å². The van der Waals surface area contributed by atoms with E-state index >= 15 is 0 Å². The normalized spacial score (nSPS) is 14.9. The molecular weight excluding hydrogens is 194 g/mol. The van der Waals surface area contributed by atoms with Crippen LogP contribution in [-0.4, -0.2) is 56.0 Å². The topological polar surface area (TPSA) is 46.5 Å². The molecule has 0 radical (unpaired) electrons. The van der Waals surface area contributed by atoms with E-state index in [0.29, 0.717) is 11.0 Å². The zero-order chi connectivity index (χ0) is 12.3. The van der Waals surface area contributed by atoms with Crippen molar-refractivity contribution in [3.63, 3.8) is 0 Å². The molecule has 0 aromatic heterocycles. The van der Waals surface area contributed by atoms with Crippen molar-refractivity contribution < 1.29 is 19.1 Å². The Kier molecular flexibility index (Phi) is 4.74. The average Bonchev–Trinajstić information content (AvgIpc) is 1.94. The molecule has 0 heterocycles. The van der Waals surface area contributed by atoms with Gasteiger partial charge in [0.05, 0.1) is 26.6 Å². The third-order valence-corrected chi connectivity index (χ3v) is 1.78. The van der Waals surface area contributed by atoms with Crippen molar-refractivity contribution in [2.75, 3.05) is 34.3 Å². The predicted octanol–water partition coefficient (Wildman–Crippen LogP) is 0.643. The summed E-state index contributed by atoms with van der Waals surface area (Å²) in [4.78, 5) is 11.4. The molecule has 0 bridgehead atoms. The fourth-order valence-corrected chi connectivity index (χ4v) is 1.07. The van der Waals surface area contributed by atoms with Gasteiger partial charge in [0.2, 0.25) is 0 Å². The molecule has 0 saturated carbocycles. The van der Waals surface area contributed by atoms with Crippen molar-refractivity contribution >= 4 is 5.97 Å². The van der Waals surface area contributed by atoms with Crippen LogP contribution in [0, 0.1) is 5.41 Å². The van der Waals surface area contributed by atoms with E-state index in [9.17, 15) is 9.90 Å². The van der Waals surface area contributed by atoms with Crippen LogP contribution >= 0.6 is 0 Å². The fraction of sp³-hybridized carbons (Fsp3) is 0.909. The molecule has 0 aliphatic rings. The number of quaternary nitrogens is 1. The highest BCUT2D eigenvalue weighted by molar-refractivity contribution is 5.75. The van der Waals surface area contributed by atoms with Crippen molar-refractivity contribution in [1.29, 1.82) is 0 Å². The summed E-state index contributed by atoms with van der Waals surface area (Å²) in [5, 5.41) is 9.61. The van der Waals surface area contributed by atoms with E-state index in [4.69, 9.17) is 4.74 Å². The Labute approximate surface area is 92.4 Å². The van der Waals surface area contributed by atoms with Gasteiger partial charge in [-0.25, -0.2) is 0 Å². The van der Waals surface area contributed by atoms with Gasteiger partial charge in [0.15, 0.2) is 0 Å². The van der Waals surface area contributed by atoms with Gasteiger partial charge in [-0.05, 0) is 20.8 Å². The molecule has 0 saturated heterocycles. The molecule has 0 rings (SSSR count).